The minimum absolute atomic E-state index is 0.256. The second-order valence-corrected chi connectivity index (χ2v) is 7.10. The number of hydrogen-bond acceptors (Lipinski definition) is 4. The Hall–Kier alpha value is -3.63. The third-order valence-electron chi connectivity index (χ3n) is 4.18. The first-order chi connectivity index (χ1) is 14.5. The Balaban J connectivity index is 1.66. The van der Waals surface area contributed by atoms with Gasteiger partial charge in [0.25, 0.3) is 11.8 Å². The van der Waals surface area contributed by atoms with Crippen molar-refractivity contribution in [1.82, 2.24) is 0 Å². The summed E-state index contributed by atoms with van der Waals surface area (Å²) in [4.78, 5) is 24.8. The summed E-state index contributed by atoms with van der Waals surface area (Å²) in [7, 11) is 0. The van der Waals surface area contributed by atoms with Crippen LogP contribution >= 0.6 is 15.9 Å². The van der Waals surface area contributed by atoms with Crippen molar-refractivity contribution >= 4 is 39.1 Å². The topological polar surface area (TPSA) is 91.2 Å². The Morgan fingerprint density at radius 3 is 2.10 bits per heavy atom. The number of ether oxygens (including phenoxy) is 1. The Morgan fingerprint density at radius 1 is 0.933 bits per heavy atom. The van der Waals surface area contributed by atoms with Crippen LogP contribution in [0.5, 0.6) is 5.75 Å². The zero-order valence-corrected chi connectivity index (χ0v) is 17.7. The lowest BCUT2D eigenvalue weighted by Crippen LogP contribution is -2.13. The lowest BCUT2D eigenvalue weighted by atomic mass is 10.1. The van der Waals surface area contributed by atoms with Crippen LogP contribution in [0, 0.1) is 11.3 Å². The van der Waals surface area contributed by atoms with Gasteiger partial charge in [-0.2, -0.15) is 5.26 Å². The third-order valence-corrected chi connectivity index (χ3v) is 4.83. The lowest BCUT2D eigenvalue weighted by molar-refractivity contribution is 0.101. The highest BCUT2D eigenvalue weighted by molar-refractivity contribution is 9.10. The van der Waals surface area contributed by atoms with E-state index in [4.69, 9.17) is 10.00 Å². The zero-order valence-electron chi connectivity index (χ0n) is 16.1. The molecule has 0 aliphatic rings. The number of carbonyl (C=O) groups is 2. The second-order valence-electron chi connectivity index (χ2n) is 6.25. The van der Waals surface area contributed by atoms with E-state index in [2.05, 4.69) is 26.6 Å². The largest absolute Gasteiger partial charge is 0.494 e. The molecule has 0 radical (unpaired) electrons. The van der Waals surface area contributed by atoms with Gasteiger partial charge in [-0.15, -0.1) is 0 Å². The Labute approximate surface area is 182 Å². The number of nitrogens with one attached hydrogen (secondary N) is 2. The maximum atomic E-state index is 12.5. The molecule has 150 valence electrons. The van der Waals surface area contributed by atoms with Crippen LogP contribution in [0.25, 0.3) is 0 Å². The van der Waals surface area contributed by atoms with Crippen LogP contribution in [-0.2, 0) is 0 Å². The van der Waals surface area contributed by atoms with Gasteiger partial charge in [0, 0.05) is 21.3 Å². The number of hydrogen-bond donors (Lipinski definition) is 2. The van der Waals surface area contributed by atoms with E-state index in [0.717, 1.165) is 0 Å². The number of amides is 2. The van der Waals surface area contributed by atoms with Crippen LogP contribution in [0.4, 0.5) is 11.4 Å². The first-order valence-electron chi connectivity index (χ1n) is 9.15. The van der Waals surface area contributed by atoms with E-state index in [1.54, 1.807) is 66.7 Å². The summed E-state index contributed by atoms with van der Waals surface area (Å²) in [6.07, 6.45) is 0. The summed E-state index contributed by atoms with van der Waals surface area (Å²) < 4.78 is 6.00. The molecule has 0 unspecified atom stereocenters. The highest BCUT2D eigenvalue weighted by Crippen LogP contribution is 2.27. The van der Waals surface area contributed by atoms with Gasteiger partial charge >= 0.3 is 0 Å². The standard InChI is InChI=1S/C23H18BrN3O3/c1-2-30-19-10-7-17(8-11-19)23(29)27-21-12-9-18(13-20(21)24)26-22(28)16-5-3-15(14-25)4-6-16/h3-13H,2H2,1H3,(H,26,28)(H,27,29). The highest BCUT2D eigenvalue weighted by atomic mass is 79.9. The van der Waals surface area contributed by atoms with Crippen LogP contribution in [0.2, 0.25) is 0 Å². The van der Waals surface area contributed by atoms with Crippen molar-refractivity contribution in [2.24, 2.45) is 0 Å². The summed E-state index contributed by atoms with van der Waals surface area (Å²) >= 11 is 3.42. The van der Waals surface area contributed by atoms with E-state index in [1.807, 2.05) is 13.0 Å². The van der Waals surface area contributed by atoms with Crippen LogP contribution in [0.15, 0.2) is 71.2 Å². The van der Waals surface area contributed by atoms with E-state index in [0.29, 0.717) is 44.9 Å². The van der Waals surface area contributed by atoms with Crippen LogP contribution in [0.3, 0.4) is 0 Å². The fraction of sp³-hybridized carbons (Fsp3) is 0.0870. The number of nitrogens with zero attached hydrogens (tertiary/aromatic N) is 1. The predicted molar refractivity (Wildman–Crippen MR) is 119 cm³/mol. The van der Waals surface area contributed by atoms with Gasteiger partial charge in [0.05, 0.1) is 23.9 Å². The Bertz CT molecular complexity index is 1100. The molecule has 7 heteroatoms. The van der Waals surface area contributed by atoms with Gasteiger partial charge in [-0.05, 0) is 89.6 Å². The summed E-state index contributed by atoms with van der Waals surface area (Å²) in [5.74, 6) is 0.156. The molecule has 0 heterocycles. The smallest absolute Gasteiger partial charge is 0.255 e. The molecular weight excluding hydrogens is 446 g/mol. The van der Waals surface area contributed by atoms with E-state index in [1.165, 1.54) is 0 Å². The molecule has 0 aliphatic carbocycles. The first-order valence-corrected chi connectivity index (χ1v) is 9.94. The predicted octanol–water partition coefficient (Wildman–Crippen LogP) is 5.22. The average Bonchev–Trinajstić information content (AvgIpc) is 2.76. The van der Waals surface area contributed by atoms with Crippen LogP contribution in [-0.4, -0.2) is 18.4 Å². The summed E-state index contributed by atoms with van der Waals surface area (Å²) in [5, 5.41) is 14.5. The molecule has 0 atom stereocenters. The van der Waals surface area contributed by atoms with Crippen molar-refractivity contribution in [3.05, 3.63) is 87.9 Å². The molecule has 3 aromatic rings. The van der Waals surface area contributed by atoms with Crippen molar-refractivity contribution in [3.63, 3.8) is 0 Å². The average molecular weight is 464 g/mol. The van der Waals surface area contributed by atoms with Crippen LogP contribution in [0.1, 0.15) is 33.2 Å². The monoisotopic (exact) mass is 463 g/mol. The van der Waals surface area contributed by atoms with Gasteiger partial charge in [0.2, 0.25) is 0 Å². The molecule has 0 saturated heterocycles. The zero-order chi connectivity index (χ0) is 21.5. The Kier molecular flexibility index (Phi) is 6.83. The minimum Gasteiger partial charge on any atom is -0.494 e. The number of carbonyl (C=O) groups excluding carboxylic acids is 2. The number of halogens is 1. The van der Waals surface area contributed by atoms with E-state index in [-0.39, 0.29) is 11.8 Å². The number of rotatable bonds is 6. The lowest BCUT2D eigenvalue weighted by Gasteiger charge is -2.11. The maximum Gasteiger partial charge on any atom is 0.255 e. The van der Waals surface area contributed by atoms with Gasteiger partial charge in [0.1, 0.15) is 5.75 Å². The van der Waals surface area contributed by atoms with Crippen molar-refractivity contribution in [3.8, 4) is 11.8 Å². The first kappa shape index (κ1) is 21.1. The fourth-order valence-corrected chi connectivity index (χ4v) is 3.14. The summed E-state index contributed by atoms with van der Waals surface area (Å²) in [5.41, 5.74) is 2.57. The van der Waals surface area contributed by atoms with Gasteiger partial charge in [-0.1, -0.05) is 0 Å². The van der Waals surface area contributed by atoms with Gasteiger partial charge in [-0.25, -0.2) is 0 Å². The van der Waals surface area contributed by atoms with E-state index >= 15 is 0 Å². The molecule has 0 aromatic heterocycles. The van der Waals surface area contributed by atoms with Crippen LogP contribution < -0.4 is 15.4 Å². The molecule has 2 N–H and O–H groups in total. The molecule has 0 spiro atoms. The van der Waals surface area contributed by atoms with Crippen molar-refractivity contribution < 1.29 is 14.3 Å². The minimum atomic E-state index is -0.294. The molecular formula is C23H18BrN3O3. The second kappa shape index (κ2) is 9.72. The Morgan fingerprint density at radius 2 is 1.53 bits per heavy atom. The van der Waals surface area contributed by atoms with Gasteiger partial charge in [-0.3, -0.25) is 9.59 Å². The molecule has 2 amide bonds. The number of benzene rings is 3. The SMILES string of the molecule is CCOc1ccc(C(=O)Nc2ccc(NC(=O)c3ccc(C#N)cc3)cc2Br)cc1. The number of nitriles is 1. The normalized spacial score (nSPS) is 10.0. The highest BCUT2D eigenvalue weighted by Gasteiger charge is 2.11. The van der Waals surface area contributed by atoms with Gasteiger partial charge < -0.3 is 15.4 Å². The molecule has 3 aromatic carbocycles. The summed E-state index contributed by atoms with van der Waals surface area (Å²) in [6, 6.07) is 20.3. The molecule has 0 bridgehead atoms. The third kappa shape index (κ3) is 5.25. The van der Waals surface area contributed by atoms with Gasteiger partial charge in [0.15, 0.2) is 0 Å². The molecule has 6 nitrogen and oxygen atoms in total. The molecule has 0 aliphatic heterocycles. The maximum absolute atomic E-state index is 12.5. The quantitative estimate of drug-likeness (QED) is 0.523. The molecule has 0 fully saturated rings. The van der Waals surface area contributed by atoms with Crippen molar-refractivity contribution in [1.29, 1.82) is 5.26 Å². The number of anilines is 2. The van der Waals surface area contributed by atoms with E-state index < -0.39 is 0 Å². The fourth-order valence-electron chi connectivity index (χ4n) is 2.66. The molecule has 30 heavy (non-hydrogen) atoms. The summed E-state index contributed by atoms with van der Waals surface area (Å²) in [6.45, 7) is 2.46. The molecule has 3 rings (SSSR count). The van der Waals surface area contributed by atoms with Crippen molar-refractivity contribution in [2.75, 3.05) is 17.2 Å². The van der Waals surface area contributed by atoms with E-state index in [9.17, 15) is 9.59 Å². The molecule has 0 saturated carbocycles. The van der Waals surface area contributed by atoms with Crippen molar-refractivity contribution in [2.45, 2.75) is 6.92 Å².